The zero-order chi connectivity index (χ0) is 23.5. The Bertz CT molecular complexity index is 994. The minimum Gasteiger partial charge on any atom is -0.481 e. The zero-order valence-electron chi connectivity index (χ0n) is 15.8. The molecule has 2 atom stereocenters. The number of carbonyl (C=O) groups excluding carboxylic acids is 4. The molecule has 1 unspecified atom stereocenters. The standard InChI is InChI=1S/C16H16N7O8/c1-7(25)21(9(6-24)5-12(26)27)22-14(28)13(20-16(22)29)10-3-2-8(23(30)31)4-11(10)19-15(17)18/h2-4,9,13H,5H2,1H3,(H,20,29)(H,26,27)(H4,17,18,19)/t9-,13?/m0/s1. The van der Waals surface area contributed by atoms with E-state index in [1.54, 1.807) is 0 Å². The van der Waals surface area contributed by atoms with Crippen molar-refractivity contribution >= 4 is 47.4 Å². The van der Waals surface area contributed by atoms with Crippen LogP contribution in [0.25, 0.3) is 0 Å². The molecule has 1 fully saturated rings. The number of nitro groups is 1. The first-order valence-corrected chi connectivity index (χ1v) is 8.41. The Morgan fingerprint density at radius 3 is 2.61 bits per heavy atom. The zero-order valence-corrected chi connectivity index (χ0v) is 15.8. The summed E-state index contributed by atoms with van der Waals surface area (Å²) < 4.78 is 0. The molecule has 163 valence electrons. The third-order valence-electron chi connectivity index (χ3n) is 4.08. The van der Waals surface area contributed by atoms with Gasteiger partial charge in [-0.3, -0.25) is 34.7 Å². The quantitative estimate of drug-likeness (QED) is 0.112. The molecular formula is C16H16N7O8. The molecule has 1 aliphatic rings. The average Bonchev–Trinajstić information content (AvgIpc) is 2.94. The van der Waals surface area contributed by atoms with Gasteiger partial charge in [0.25, 0.3) is 11.6 Å². The number of aliphatic carboxylic acids is 1. The summed E-state index contributed by atoms with van der Waals surface area (Å²) in [4.78, 5) is 69.9. The van der Waals surface area contributed by atoms with Crippen LogP contribution < -0.4 is 16.4 Å². The van der Waals surface area contributed by atoms with Crippen LogP contribution in [0.5, 0.6) is 0 Å². The predicted octanol–water partition coefficient (Wildman–Crippen LogP) is -0.790. The lowest BCUT2D eigenvalue weighted by molar-refractivity contribution is -0.384. The number of amides is 4. The summed E-state index contributed by atoms with van der Waals surface area (Å²) in [6.07, 6.45) is 0.396. The number of nitrogens with one attached hydrogen (secondary N) is 3. The molecule has 0 spiro atoms. The van der Waals surface area contributed by atoms with Gasteiger partial charge in [-0.05, 0) is 6.07 Å². The molecule has 0 aliphatic carbocycles. The number of nitro benzene ring substituents is 1. The van der Waals surface area contributed by atoms with E-state index in [2.05, 4.69) is 10.6 Å². The molecule has 31 heavy (non-hydrogen) atoms. The molecule has 1 heterocycles. The van der Waals surface area contributed by atoms with E-state index >= 15 is 0 Å². The van der Waals surface area contributed by atoms with Gasteiger partial charge >= 0.3 is 12.0 Å². The molecule has 1 saturated heterocycles. The van der Waals surface area contributed by atoms with E-state index in [4.69, 9.17) is 16.2 Å². The number of guanidine groups is 1. The molecular weight excluding hydrogens is 418 g/mol. The highest BCUT2D eigenvalue weighted by atomic mass is 16.6. The molecule has 1 aromatic carbocycles. The number of hydrogen-bond donors (Lipinski definition) is 5. The minimum atomic E-state index is -1.77. The topological polar surface area (TPSA) is 229 Å². The Kier molecular flexibility index (Phi) is 6.49. The third kappa shape index (κ3) is 4.72. The van der Waals surface area contributed by atoms with Gasteiger partial charge in [-0.2, -0.15) is 5.01 Å². The van der Waals surface area contributed by atoms with Crippen molar-refractivity contribution in [1.29, 1.82) is 5.41 Å². The van der Waals surface area contributed by atoms with Crippen molar-refractivity contribution in [3.8, 4) is 0 Å². The second-order valence-electron chi connectivity index (χ2n) is 6.19. The number of carboxylic acid groups (broad SMARTS) is 1. The Labute approximate surface area is 173 Å². The first kappa shape index (κ1) is 22.7. The Balaban J connectivity index is 2.50. The molecule has 6 N–H and O–H groups in total. The number of benzene rings is 1. The van der Waals surface area contributed by atoms with Gasteiger partial charge in [0, 0.05) is 24.6 Å². The Morgan fingerprint density at radius 1 is 1.48 bits per heavy atom. The van der Waals surface area contributed by atoms with E-state index in [-0.39, 0.29) is 16.3 Å². The van der Waals surface area contributed by atoms with E-state index in [1.165, 1.54) is 6.29 Å². The van der Waals surface area contributed by atoms with Crippen LogP contribution >= 0.6 is 0 Å². The molecule has 2 rings (SSSR count). The number of nitrogens with two attached hydrogens (primary N) is 1. The van der Waals surface area contributed by atoms with Gasteiger partial charge in [-0.25, -0.2) is 9.80 Å². The van der Waals surface area contributed by atoms with E-state index in [1.807, 2.05) is 0 Å². The van der Waals surface area contributed by atoms with Crippen molar-refractivity contribution in [3.05, 3.63) is 33.9 Å². The number of hydrazine groups is 1. The maximum Gasteiger partial charge on any atom is 0.344 e. The van der Waals surface area contributed by atoms with E-state index in [9.17, 15) is 34.1 Å². The number of rotatable bonds is 8. The maximum atomic E-state index is 13.0. The monoisotopic (exact) mass is 434 g/mol. The highest BCUT2D eigenvalue weighted by molar-refractivity contribution is 6.07. The number of hydrogen-bond acceptors (Lipinski definition) is 8. The molecule has 15 heteroatoms. The summed E-state index contributed by atoms with van der Waals surface area (Å²) in [6.45, 7) is 0.911. The largest absolute Gasteiger partial charge is 0.481 e. The molecule has 1 radical (unpaired) electrons. The van der Waals surface area contributed by atoms with Crippen molar-refractivity contribution in [2.75, 3.05) is 5.32 Å². The van der Waals surface area contributed by atoms with Crippen LogP contribution in [0.3, 0.4) is 0 Å². The lowest BCUT2D eigenvalue weighted by Gasteiger charge is -2.31. The molecule has 15 nitrogen and oxygen atoms in total. The fourth-order valence-electron chi connectivity index (χ4n) is 2.89. The van der Waals surface area contributed by atoms with Gasteiger partial charge in [0.15, 0.2) is 5.96 Å². The van der Waals surface area contributed by atoms with Gasteiger partial charge in [-0.1, -0.05) is 0 Å². The average molecular weight is 434 g/mol. The smallest absolute Gasteiger partial charge is 0.344 e. The Morgan fingerprint density at radius 2 is 2.13 bits per heavy atom. The fourth-order valence-corrected chi connectivity index (χ4v) is 2.89. The fraction of sp³-hybridized carbons (Fsp3) is 0.250. The minimum absolute atomic E-state index is 0.0324. The van der Waals surface area contributed by atoms with Crippen molar-refractivity contribution in [1.82, 2.24) is 15.3 Å². The van der Waals surface area contributed by atoms with Crippen LogP contribution in [0.2, 0.25) is 0 Å². The van der Waals surface area contributed by atoms with Crippen LogP contribution in [0, 0.1) is 15.5 Å². The van der Waals surface area contributed by atoms with E-state index in [0.29, 0.717) is 5.01 Å². The molecule has 0 bridgehead atoms. The second kappa shape index (κ2) is 8.85. The van der Waals surface area contributed by atoms with Crippen molar-refractivity contribution in [2.24, 2.45) is 5.73 Å². The van der Waals surface area contributed by atoms with Crippen molar-refractivity contribution in [2.45, 2.75) is 25.4 Å². The van der Waals surface area contributed by atoms with Gasteiger partial charge in [0.05, 0.1) is 17.0 Å². The van der Waals surface area contributed by atoms with Crippen LogP contribution in [-0.4, -0.2) is 62.1 Å². The predicted molar refractivity (Wildman–Crippen MR) is 101 cm³/mol. The third-order valence-corrected chi connectivity index (χ3v) is 4.08. The van der Waals surface area contributed by atoms with E-state index in [0.717, 1.165) is 25.1 Å². The number of non-ortho nitro benzene ring substituents is 1. The molecule has 1 aromatic rings. The van der Waals surface area contributed by atoms with Crippen molar-refractivity contribution < 1.29 is 34.0 Å². The molecule has 4 amide bonds. The number of urea groups is 1. The highest BCUT2D eigenvalue weighted by Gasteiger charge is 2.47. The number of anilines is 1. The van der Waals surface area contributed by atoms with Crippen LogP contribution in [0.15, 0.2) is 18.2 Å². The summed E-state index contributed by atoms with van der Waals surface area (Å²) in [5.41, 5.74) is 4.70. The van der Waals surface area contributed by atoms with E-state index < -0.39 is 58.9 Å². The first-order chi connectivity index (χ1) is 14.5. The van der Waals surface area contributed by atoms with Crippen molar-refractivity contribution in [3.63, 3.8) is 0 Å². The number of carbonyl (C=O) groups is 4. The molecule has 0 saturated carbocycles. The first-order valence-electron chi connectivity index (χ1n) is 8.41. The maximum absolute atomic E-state index is 13.0. The highest BCUT2D eigenvalue weighted by Crippen LogP contribution is 2.32. The number of imide groups is 1. The van der Waals surface area contributed by atoms with Gasteiger partial charge < -0.3 is 21.5 Å². The summed E-state index contributed by atoms with van der Waals surface area (Å²) in [7, 11) is 0. The van der Waals surface area contributed by atoms with Gasteiger partial charge in [0.1, 0.15) is 12.1 Å². The molecule has 0 aromatic heterocycles. The number of carboxylic acids is 1. The second-order valence-corrected chi connectivity index (χ2v) is 6.19. The summed E-state index contributed by atoms with van der Waals surface area (Å²) in [6, 6.07) is -1.26. The SMILES string of the molecule is CC(=O)N([C@H]([C]=O)CC(=O)O)N1C(=O)NC(c2ccc([N+](=O)[O-])cc2NC(=N)N)C1=O. The lowest BCUT2D eigenvalue weighted by Crippen LogP contribution is -2.55. The van der Waals surface area contributed by atoms with Crippen LogP contribution in [0.4, 0.5) is 16.2 Å². The normalized spacial score (nSPS) is 16.3. The molecule has 1 aliphatic heterocycles. The summed E-state index contributed by atoms with van der Waals surface area (Å²) in [5, 5.41) is 32.5. The van der Waals surface area contributed by atoms with Crippen LogP contribution in [0.1, 0.15) is 24.9 Å². The lowest BCUT2D eigenvalue weighted by atomic mass is 10.0. The van der Waals surface area contributed by atoms with Gasteiger partial charge in [-0.15, -0.1) is 0 Å². The Hall–Kier alpha value is -4.56. The van der Waals surface area contributed by atoms with Gasteiger partial charge in [0.2, 0.25) is 12.2 Å². The van der Waals surface area contributed by atoms with Crippen LogP contribution in [-0.2, 0) is 19.2 Å². The summed E-state index contributed by atoms with van der Waals surface area (Å²) in [5.74, 6) is -4.15. The number of nitrogens with zero attached hydrogens (tertiary/aromatic N) is 3. The summed E-state index contributed by atoms with van der Waals surface area (Å²) >= 11 is 0.